The molecule has 1 aliphatic carbocycles. The smallest absolute Gasteiger partial charge is 1.00 e. The third kappa shape index (κ3) is 5.96. The van der Waals surface area contributed by atoms with Crippen molar-refractivity contribution in [3.05, 3.63) is 101 Å². The fourth-order valence-electron chi connectivity index (χ4n) is 5.27. The Hall–Kier alpha value is -1.55. The Morgan fingerprint density at radius 2 is 1.13 bits per heavy atom. The zero-order valence-electron chi connectivity index (χ0n) is 23.7. The normalized spacial score (nSPS) is 12.5. The van der Waals surface area contributed by atoms with Gasteiger partial charge in [0.05, 0.1) is 0 Å². The topological polar surface area (TPSA) is 9.23 Å². The van der Waals surface area contributed by atoms with Gasteiger partial charge in [-0.05, 0) is 0 Å². The average molecular weight is 598 g/mol. The van der Waals surface area contributed by atoms with Crippen LogP contribution in [0.3, 0.4) is 0 Å². The van der Waals surface area contributed by atoms with Crippen LogP contribution in [-0.4, -0.2) is 6.19 Å². The molecule has 0 amide bonds. The Labute approximate surface area is 248 Å². The van der Waals surface area contributed by atoms with E-state index in [1.165, 1.54) is 44.2 Å². The second-order valence-electron chi connectivity index (χ2n) is 12.5. The van der Waals surface area contributed by atoms with E-state index in [2.05, 4.69) is 133 Å². The molecule has 198 valence electrons. The first-order chi connectivity index (χ1) is 16.9. The van der Waals surface area contributed by atoms with Gasteiger partial charge in [-0.2, -0.15) is 0 Å². The van der Waals surface area contributed by atoms with E-state index in [0.717, 1.165) is 5.75 Å². The maximum absolute atomic E-state index is 7.09. The maximum Gasteiger partial charge on any atom is -1.00 e. The van der Waals surface area contributed by atoms with Crippen LogP contribution in [0.4, 0.5) is 0 Å². The Balaban J connectivity index is 0.00000200. The summed E-state index contributed by atoms with van der Waals surface area (Å²) in [6, 6.07) is 29.8. The second-order valence-corrected chi connectivity index (χ2v) is 23.6. The molecule has 0 bridgehead atoms. The molecule has 38 heavy (non-hydrogen) atoms. The first-order valence-corrected chi connectivity index (χ1v) is 19.4. The van der Waals surface area contributed by atoms with Gasteiger partial charge in [0.2, 0.25) is 0 Å². The average Bonchev–Trinajstić information content (AvgIpc) is 3.14. The Morgan fingerprint density at radius 1 is 0.632 bits per heavy atom. The van der Waals surface area contributed by atoms with Crippen LogP contribution < -0.4 is 28.1 Å². The molecule has 4 aromatic carbocycles. The molecule has 0 aliphatic heterocycles. The second kappa shape index (κ2) is 11.5. The predicted molar refractivity (Wildman–Crippen MR) is 153 cm³/mol. The van der Waals surface area contributed by atoms with Crippen molar-refractivity contribution in [3.63, 3.8) is 0 Å². The molecule has 5 rings (SSSR count). The number of hydrogen-bond acceptors (Lipinski definition) is 1. The molecule has 0 unspecified atom stereocenters. The first kappa shape index (κ1) is 31.0. The van der Waals surface area contributed by atoms with Crippen LogP contribution in [0, 0.1) is 0 Å². The van der Waals surface area contributed by atoms with E-state index in [9.17, 15) is 0 Å². The molecule has 0 spiro atoms. The van der Waals surface area contributed by atoms with E-state index >= 15 is 0 Å². The molecule has 0 atom stereocenters. The summed E-state index contributed by atoms with van der Waals surface area (Å²) in [5.74, 6) is 1.04. The molecule has 0 heterocycles. The van der Waals surface area contributed by atoms with Crippen molar-refractivity contribution in [2.75, 3.05) is 0 Å². The van der Waals surface area contributed by atoms with Crippen molar-refractivity contribution in [1.82, 2.24) is 0 Å². The van der Waals surface area contributed by atoms with Crippen molar-refractivity contribution in [2.45, 2.75) is 69.7 Å². The third-order valence-corrected chi connectivity index (χ3v) is 17.2. The van der Waals surface area contributed by atoms with Crippen LogP contribution in [0.25, 0.3) is 21.9 Å². The van der Waals surface area contributed by atoms with Crippen LogP contribution >= 0.6 is 0 Å². The summed E-state index contributed by atoms with van der Waals surface area (Å²) in [5, 5.41) is 2.52. The van der Waals surface area contributed by atoms with Crippen molar-refractivity contribution in [2.24, 2.45) is 0 Å². The third-order valence-electron chi connectivity index (χ3n) is 7.45. The quantitative estimate of drug-likeness (QED) is 0.330. The minimum atomic E-state index is -2.01. The number of rotatable bonds is 3. The van der Waals surface area contributed by atoms with Crippen molar-refractivity contribution < 1.29 is 45.1 Å². The zero-order chi connectivity index (χ0) is 25.8. The Kier molecular flexibility index (Phi) is 9.39. The van der Waals surface area contributed by atoms with E-state index in [1.54, 1.807) is 0 Å². The molecular formula is C33H38Cl2OSiTi. The summed E-state index contributed by atoms with van der Waals surface area (Å²) in [6.45, 7) is 18.8. The minimum Gasteiger partial charge on any atom is -1.00 e. The molecule has 0 aromatic heterocycles. The van der Waals surface area contributed by atoms with Crippen molar-refractivity contribution >= 4 is 17.0 Å². The molecule has 0 N–H and O–H groups in total. The van der Waals surface area contributed by atoms with Gasteiger partial charge in [-0.15, -0.1) is 0 Å². The van der Waals surface area contributed by atoms with E-state index in [-0.39, 0.29) is 35.6 Å². The van der Waals surface area contributed by atoms with Gasteiger partial charge in [0, 0.05) is 0 Å². The van der Waals surface area contributed by atoms with E-state index in [1.807, 2.05) is 0 Å². The molecule has 0 saturated heterocycles. The van der Waals surface area contributed by atoms with Crippen LogP contribution in [0.1, 0.15) is 68.0 Å². The van der Waals surface area contributed by atoms with Gasteiger partial charge in [-0.3, -0.25) is 0 Å². The molecule has 0 radical (unpaired) electrons. The number of fused-ring (bicyclic) bond motifs is 4. The Morgan fingerprint density at radius 3 is 1.61 bits per heavy atom. The molecule has 0 saturated carbocycles. The largest absolute Gasteiger partial charge is 1.00 e. The fraction of sp³-hybridized carbons (Fsp3) is 0.333. The molecule has 5 heteroatoms. The number of benzene rings is 4. The van der Waals surface area contributed by atoms with Crippen LogP contribution in [0.15, 0.2) is 78.9 Å². The van der Waals surface area contributed by atoms with Crippen LogP contribution in [-0.2, 0) is 27.8 Å². The van der Waals surface area contributed by atoms with Gasteiger partial charge in [0.15, 0.2) is 0 Å². The first-order valence-electron chi connectivity index (χ1n) is 13.1. The van der Waals surface area contributed by atoms with Crippen LogP contribution in [0.5, 0.6) is 5.75 Å². The zero-order valence-corrected chi connectivity index (χ0v) is 27.8. The van der Waals surface area contributed by atoms with E-state index < -0.39 is 23.2 Å². The maximum atomic E-state index is 7.09. The van der Waals surface area contributed by atoms with Gasteiger partial charge in [0.25, 0.3) is 0 Å². The molecule has 1 aliphatic rings. The molecule has 0 fully saturated rings. The number of halogens is 2. The minimum absolute atomic E-state index is 0. The van der Waals surface area contributed by atoms with Crippen LogP contribution in [0.2, 0.25) is 13.1 Å². The Bertz CT molecular complexity index is 1440. The SMILES string of the molecule is C[Si](C)=[Ti+2]([O]c1ccc2ccccc2c1)[CH]1c2ccc(C(C)(C)C)cc2-c2cc(C(C)(C)C)ccc21.[Cl-].[Cl-]. The monoisotopic (exact) mass is 596 g/mol. The summed E-state index contributed by atoms with van der Waals surface area (Å²) < 4.78 is 7.50. The van der Waals surface area contributed by atoms with Gasteiger partial charge >= 0.3 is 225 Å². The van der Waals surface area contributed by atoms with Gasteiger partial charge in [-0.25, -0.2) is 0 Å². The molecule has 4 aromatic rings. The summed E-state index contributed by atoms with van der Waals surface area (Å²) in [5.41, 5.74) is 8.92. The summed E-state index contributed by atoms with van der Waals surface area (Å²) in [7, 11) is 0. The number of hydrogen-bond donors (Lipinski definition) is 0. The van der Waals surface area contributed by atoms with Crippen molar-refractivity contribution in [3.8, 4) is 16.9 Å². The molecule has 1 nitrogen and oxygen atoms in total. The predicted octanol–water partition coefficient (Wildman–Crippen LogP) is 3.38. The van der Waals surface area contributed by atoms with E-state index in [0.29, 0.717) is 4.22 Å². The van der Waals surface area contributed by atoms with Gasteiger partial charge in [0.1, 0.15) is 0 Å². The van der Waals surface area contributed by atoms with Gasteiger partial charge < -0.3 is 24.8 Å². The molecular weight excluding hydrogens is 559 g/mol. The summed E-state index contributed by atoms with van der Waals surface area (Å²) >= 11 is -2.01. The summed E-state index contributed by atoms with van der Waals surface area (Å²) in [6.07, 6.45) is -0.621. The summed E-state index contributed by atoms with van der Waals surface area (Å²) in [4.78, 5) is 0. The fourth-order valence-corrected chi connectivity index (χ4v) is 13.9. The van der Waals surface area contributed by atoms with Crippen molar-refractivity contribution in [1.29, 1.82) is 0 Å². The van der Waals surface area contributed by atoms with E-state index in [4.69, 9.17) is 3.32 Å². The van der Waals surface area contributed by atoms with Gasteiger partial charge in [-0.1, -0.05) is 0 Å². The standard InChI is InChI=1S/C21H25.C10H8O.C2H6Si.2ClH.Ti/c1-20(2,3)16-9-7-14-11-15-8-10-17(21(4,5)6)13-19(15)18(14)12-16;11-10-6-5-8-3-1-2-4-9(8)7-10;1-3-2;;;/h7-13H,1-6H3;1-7,11H;1-2H3;2*1H;/q;;;;;+3/p-3.